The van der Waals surface area contributed by atoms with Crippen LogP contribution in [0.5, 0.6) is 0 Å². The zero-order chi connectivity index (χ0) is 14.0. The molecule has 2 heterocycles. The van der Waals surface area contributed by atoms with Gasteiger partial charge in [0.25, 0.3) is 0 Å². The number of hydrogen-bond donors (Lipinski definition) is 1. The quantitative estimate of drug-likeness (QED) is 0.897. The number of nitrogens with zero attached hydrogens (tertiary/aromatic N) is 3. The molecule has 0 aliphatic heterocycles. The standard InChI is InChI=1S/C14H19N3O2/c1-4-14(5-2,13(18)19)9-11-16-10-7-6-8-15-12(10)17(11)3/h6-8H,4-5,9H2,1-3H3,(H,18,19). The lowest BCUT2D eigenvalue weighted by atomic mass is 9.79. The second kappa shape index (κ2) is 4.99. The van der Waals surface area contributed by atoms with Crippen LogP contribution in [0, 0.1) is 5.41 Å². The van der Waals surface area contributed by atoms with E-state index in [1.807, 2.05) is 37.6 Å². The molecule has 0 saturated heterocycles. The van der Waals surface area contributed by atoms with Gasteiger partial charge in [0.05, 0.1) is 5.41 Å². The molecule has 2 rings (SSSR count). The minimum absolute atomic E-state index is 0.433. The van der Waals surface area contributed by atoms with Crippen LogP contribution >= 0.6 is 0 Å². The van der Waals surface area contributed by atoms with Gasteiger partial charge in [-0.25, -0.2) is 9.97 Å². The molecule has 2 aromatic rings. The van der Waals surface area contributed by atoms with Crippen molar-refractivity contribution in [3.8, 4) is 0 Å². The van der Waals surface area contributed by atoms with E-state index in [1.165, 1.54) is 0 Å². The van der Waals surface area contributed by atoms with Crippen molar-refractivity contribution in [3.05, 3.63) is 24.2 Å². The van der Waals surface area contributed by atoms with Crippen LogP contribution in [0.2, 0.25) is 0 Å². The van der Waals surface area contributed by atoms with Gasteiger partial charge in [-0.2, -0.15) is 0 Å². The van der Waals surface area contributed by atoms with Gasteiger partial charge in [0.2, 0.25) is 0 Å². The Morgan fingerprint density at radius 2 is 2.11 bits per heavy atom. The summed E-state index contributed by atoms with van der Waals surface area (Å²) in [5.74, 6) is 0.0253. The number of pyridine rings is 1. The van der Waals surface area contributed by atoms with Crippen molar-refractivity contribution in [3.63, 3.8) is 0 Å². The number of carboxylic acids is 1. The highest BCUT2D eigenvalue weighted by molar-refractivity contribution is 5.75. The van der Waals surface area contributed by atoms with Crippen LogP contribution < -0.4 is 0 Å². The molecule has 0 spiro atoms. The Labute approximate surface area is 112 Å². The topological polar surface area (TPSA) is 68.0 Å². The molecular formula is C14H19N3O2. The summed E-state index contributed by atoms with van der Waals surface area (Å²) in [6, 6.07) is 3.73. The van der Waals surface area contributed by atoms with E-state index in [4.69, 9.17) is 0 Å². The van der Waals surface area contributed by atoms with Crippen molar-refractivity contribution in [2.45, 2.75) is 33.1 Å². The highest BCUT2D eigenvalue weighted by Crippen LogP contribution is 2.31. The first-order chi connectivity index (χ1) is 9.04. The molecule has 1 N–H and O–H groups in total. The average Bonchev–Trinajstić information content (AvgIpc) is 2.73. The smallest absolute Gasteiger partial charge is 0.310 e. The minimum Gasteiger partial charge on any atom is -0.481 e. The number of hydrogen-bond acceptors (Lipinski definition) is 3. The predicted octanol–water partition coefficient (Wildman–Crippen LogP) is 2.40. The number of rotatable bonds is 5. The number of imidazole rings is 1. The van der Waals surface area contributed by atoms with Crippen LogP contribution in [-0.4, -0.2) is 25.6 Å². The molecule has 0 aromatic carbocycles. The van der Waals surface area contributed by atoms with Crippen LogP contribution in [0.3, 0.4) is 0 Å². The maximum absolute atomic E-state index is 11.6. The van der Waals surface area contributed by atoms with Crippen molar-refractivity contribution < 1.29 is 9.90 Å². The van der Waals surface area contributed by atoms with E-state index in [1.54, 1.807) is 6.20 Å². The second-order valence-corrected chi connectivity index (χ2v) is 4.90. The number of aliphatic carboxylic acids is 1. The summed E-state index contributed by atoms with van der Waals surface area (Å²) >= 11 is 0. The highest BCUT2D eigenvalue weighted by atomic mass is 16.4. The number of fused-ring (bicyclic) bond motifs is 1. The third-order valence-electron chi connectivity index (χ3n) is 4.02. The summed E-state index contributed by atoms with van der Waals surface area (Å²) < 4.78 is 1.89. The molecule has 19 heavy (non-hydrogen) atoms. The fourth-order valence-corrected chi connectivity index (χ4v) is 2.41. The first kappa shape index (κ1) is 13.5. The zero-order valence-electron chi connectivity index (χ0n) is 11.6. The monoisotopic (exact) mass is 261 g/mol. The third-order valence-corrected chi connectivity index (χ3v) is 4.02. The molecule has 5 nitrogen and oxygen atoms in total. The van der Waals surface area contributed by atoms with Gasteiger partial charge in [0, 0.05) is 19.7 Å². The Kier molecular flexibility index (Phi) is 3.55. The maximum Gasteiger partial charge on any atom is 0.310 e. The van der Waals surface area contributed by atoms with Crippen LogP contribution in [0.4, 0.5) is 0 Å². The van der Waals surface area contributed by atoms with Crippen molar-refractivity contribution in [2.75, 3.05) is 0 Å². The van der Waals surface area contributed by atoms with Crippen LogP contribution in [0.1, 0.15) is 32.5 Å². The SMILES string of the molecule is CCC(CC)(Cc1nc2cccnc2n1C)C(=O)O. The van der Waals surface area contributed by atoms with E-state index < -0.39 is 11.4 Å². The summed E-state index contributed by atoms with van der Waals surface area (Å²) in [6.45, 7) is 3.83. The summed E-state index contributed by atoms with van der Waals surface area (Å²) in [5.41, 5.74) is 0.866. The largest absolute Gasteiger partial charge is 0.481 e. The summed E-state index contributed by atoms with van der Waals surface area (Å²) in [6.07, 6.45) is 3.34. The number of aromatic nitrogens is 3. The van der Waals surface area contributed by atoms with Crippen molar-refractivity contribution >= 4 is 17.1 Å². The van der Waals surface area contributed by atoms with E-state index in [-0.39, 0.29) is 0 Å². The fraction of sp³-hybridized carbons (Fsp3) is 0.500. The fourth-order valence-electron chi connectivity index (χ4n) is 2.41. The van der Waals surface area contributed by atoms with E-state index in [2.05, 4.69) is 9.97 Å². The summed E-state index contributed by atoms with van der Waals surface area (Å²) in [4.78, 5) is 20.4. The normalized spacial score (nSPS) is 11.9. The Morgan fingerprint density at radius 1 is 1.42 bits per heavy atom. The maximum atomic E-state index is 11.6. The molecule has 0 aliphatic carbocycles. The lowest BCUT2D eigenvalue weighted by Crippen LogP contribution is -2.33. The Morgan fingerprint density at radius 3 is 2.63 bits per heavy atom. The number of carbonyl (C=O) groups is 1. The molecule has 0 unspecified atom stereocenters. The van der Waals surface area contributed by atoms with Crippen molar-refractivity contribution in [1.82, 2.24) is 14.5 Å². The molecule has 0 fully saturated rings. The summed E-state index contributed by atoms with van der Waals surface area (Å²) in [7, 11) is 1.88. The van der Waals surface area contributed by atoms with E-state index in [0.29, 0.717) is 19.3 Å². The Balaban J connectivity index is 2.45. The first-order valence-electron chi connectivity index (χ1n) is 6.53. The van der Waals surface area contributed by atoms with E-state index >= 15 is 0 Å². The highest BCUT2D eigenvalue weighted by Gasteiger charge is 2.36. The molecule has 102 valence electrons. The van der Waals surface area contributed by atoms with Gasteiger partial charge in [-0.1, -0.05) is 13.8 Å². The molecule has 5 heteroatoms. The van der Waals surface area contributed by atoms with Crippen molar-refractivity contribution in [2.24, 2.45) is 12.5 Å². The molecule has 0 bridgehead atoms. The molecule has 2 aromatic heterocycles. The van der Waals surface area contributed by atoms with Crippen LogP contribution in [0.25, 0.3) is 11.2 Å². The van der Waals surface area contributed by atoms with Gasteiger partial charge >= 0.3 is 5.97 Å². The van der Waals surface area contributed by atoms with E-state index in [9.17, 15) is 9.90 Å². The predicted molar refractivity (Wildman–Crippen MR) is 72.9 cm³/mol. The van der Waals surface area contributed by atoms with Gasteiger partial charge in [0.15, 0.2) is 5.65 Å². The second-order valence-electron chi connectivity index (χ2n) is 4.90. The van der Waals surface area contributed by atoms with Crippen LogP contribution in [0.15, 0.2) is 18.3 Å². The molecular weight excluding hydrogens is 242 g/mol. The zero-order valence-corrected chi connectivity index (χ0v) is 11.6. The molecule has 0 saturated carbocycles. The first-order valence-corrected chi connectivity index (χ1v) is 6.53. The molecule has 0 radical (unpaired) electrons. The van der Waals surface area contributed by atoms with Gasteiger partial charge in [0.1, 0.15) is 11.3 Å². The Bertz CT molecular complexity index is 600. The van der Waals surface area contributed by atoms with Gasteiger partial charge in [-0.05, 0) is 25.0 Å². The van der Waals surface area contributed by atoms with Crippen LogP contribution in [-0.2, 0) is 18.3 Å². The van der Waals surface area contributed by atoms with Gasteiger partial charge in [-0.15, -0.1) is 0 Å². The molecule has 0 aliphatic rings. The molecule has 0 atom stereocenters. The summed E-state index contributed by atoms with van der Waals surface area (Å²) in [5, 5.41) is 9.50. The van der Waals surface area contributed by atoms with Crippen molar-refractivity contribution in [1.29, 1.82) is 0 Å². The molecule has 0 amide bonds. The third kappa shape index (κ3) is 2.20. The average molecular weight is 261 g/mol. The lowest BCUT2D eigenvalue weighted by molar-refractivity contribution is -0.149. The Hall–Kier alpha value is -1.91. The van der Waals surface area contributed by atoms with Gasteiger partial charge in [-0.3, -0.25) is 4.79 Å². The lowest BCUT2D eigenvalue weighted by Gasteiger charge is -2.26. The minimum atomic E-state index is -0.752. The number of carboxylic acid groups (broad SMARTS) is 1. The number of aryl methyl sites for hydroxylation is 1. The van der Waals surface area contributed by atoms with E-state index in [0.717, 1.165) is 17.0 Å². The van der Waals surface area contributed by atoms with Gasteiger partial charge < -0.3 is 9.67 Å².